The van der Waals surface area contributed by atoms with E-state index in [2.05, 4.69) is 11.3 Å². The molecule has 0 aliphatic heterocycles. The van der Waals surface area contributed by atoms with Crippen molar-refractivity contribution in [3.63, 3.8) is 0 Å². The molecule has 0 aliphatic carbocycles. The van der Waals surface area contributed by atoms with Gasteiger partial charge in [0, 0.05) is 6.08 Å². The lowest BCUT2D eigenvalue weighted by Gasteiger charge is -2.27. The second-order valence-corrected chi connectivity index (χ2v) is 1.87. The molecule has 0 aromatic carbocycles. The van der Waals surface area contributed by atoms with Crippen molar-refractivity contribution in [3.05, 3.63) is 12.7 Å². The third-order valence-corrected chi connectivity index (χ3v) is 0.847. The molecule has 0 bridgehead atoms. The fraction of sp³-hybridized carbons (Fsp3) is 0.400. The Morgan fingerprint density at radius 3 is 1.92 bits per heavy atom. The number of carbonyl (C=O) groups excluding carboxylic acids is 1. The molecular weight excluding hydrogens is 172 g/mol. The van der Waals surface area contributed by atoms with Crippen LogP contribution in [0.25, 0.3) is 0 Å². The van der Waals surface area contributed by atoms with Crippen molar-refractivity contribution in [2.45, 2.75) is 11.9 Å². The van der Waals surface area contributed by atoms with Crippen molar-refractivity contribution >= 4 is 5.97 Å². The Kier molecular flexibility index (Phi) is 2.91. The highest BCUT2D eigenvalue weighted by Crippen LogP contribution is 2.15. The molecule has 7 heteroatoms. The van der Waals surface area contributed by atoms with Gasteiger partial charge in [-0.15, -0.1) is 0 Å². The quantitative estimate of drug-likeness (QED) is 0.178. The van der Waals surface area contributed by atoms with Gasteiger partial charge in [-0.3, -0.25) is 0 Å². The molecule has 0 saturated carbocycles. The van der Waals surface area contributed by atoms with Gasteiger partial charge >= 0.3 is 17.9 Å². The largest absolute Gasteiger partial charge is 0.411 e. The maximum absolute atomic E-state index is 10.3. The lowest BCUT2D eigenvalue weighted by atomic mass is 10.4. The number of esters is 1. The Bertz CT molecular complexity index is 188. The first-order valence-electron chi connectivity index (χ1n) is 2.68. The van der Waals surface area contributed by atoms with E-state index in [0.29, 0.717) is 6.08 Å². The van der Waals surface area contributed by atoms with Gasteiger partial charge in [0.15, 0.2) is 0 Å². The Morgan fingerprint density at radius 2 is 1.67 bits per heavy atom. The highest BCUT2D eigenvalue weighted by molar-refractivity contribution is 5.81. The minimum atomic E-state index is -3.95. The van der Waals surface area contributed by atoms with E-state index < -0.39 is 17.9 Å². The molecule has 0 radical (unpaired) electrons. The first kappa shape index (κ1) is 11.0. The summed E-state index contributed by atoms with van der Waals surface area (Å²) >= 11 is 0. The first-order chi connectivity index (χ1) is 5.20. The molecule has 70 valence electrons. The van der Waals surface area contributed by atoms with Crippen LogP contribution in [0.15, 0.2) is 12.7 Å². The zero-order valence-electron chi connectivity index (χ0n) is 5.84. The number of rotatable bonds is 3. The number of carbonyl (C=O) groups is 1. The molecule has 12 heavy (non-hydrogen) atoms. The van der Waals surface area contributed by atoms with Gasteiger partial charge in [-0.05, 0) is 0 Å². The third-order valence-electron chi connectivity index (χ3n) is 0.847. The minimum absolute atomic E-state index is 0.535. The van der Waals surface area contributed by atoms with Gasteiger partial charge in [0.1, 0.15) is 0 Å². The van der Waals surface area contributed by atoms with Gasteiger partial charge in [0.05, 0.1) is 0 Å². The topological polar surface area (TPSA) is 127 Å². The van der Waals surface area contributed by atoms with Gasteiger partial charge in [0.25, 0.3) is 0 Å². The second-order valence-electron chi connectivity index (χ2n) is 1.87. The molecular formula is C5H8O7. The van der Waals surface area contributed by atoms with E-state index in [0.717, 1.165) is 0 Å². The molecule has 0 atom stereocenters. The van der Waals surface area contributed by atoms with Crippen molar-refractivity contribution < 1.29 is 35.1 Å². The van der Waals surface area contributed by atoms with E-state index in [1.165, 1.54) is 0 Å². The summed E-state index contributed by atoms with van der Waals surface area (Å²) in [7, 11) is 0. The summed E-state index contributed by atoms with van der Waals surface area (Å²) in [6.07, 6.45) is 0.535. The molecule has 0 rings (SSSR count). The molecule has 0 unspecified atom stereocenters. The van der Waals surface area contributed by atoms with Crippen LogP contribution < -0.4 is 0 Å². The molecule has 0 amide bonds. The van der Waals surface area contributed by atoms with E-state index in [4.69, 9.17) is 25.5 Å². The Balaban J connectivity index is 4.43. The third kappa shape index (κ3) is 2.57. The summed E-state index contributed by atoms with van der Waals surface area (Å²) < 4.78 is 3.56. The van der Waals surface area contributed by atoms with Gasteiger partial charge < -0.3 is 30.3 Å². The summed E-state index contributed by atoms with van der Waals surface area (Å²) in [6.45, 7) is 2.89. The second kappa shape index (κ2) is 3.17. The smallest absolute Gasteiger partial charge is 0.398 e. The molecule has 0 aromatic heterocycles. The lowest BCUT2D eigenvalue weighted by Crippen LogP contribution is -2.57. The Morgan fingerprint density at radius 1 is 1.25 bits per heavy atom. The summed E-state index contributed by atoms with van der Waals surface area (Å²) in [5.74, 6) is -9.09. The van der Waals surface area contributed by atoms with Crippen LogP contribution in [0, 0.1) is 0 Å². The number of aliphatic hydroxyl groups is 5. The van der Waals surface area contributed by atoms with Crippen molar-refractivity contribution in [2.75, 3.05) is 0 Å². The monoisotopic (exact) mass is 180 g/mol. The van der Waals surface area contributed by atoms with E-state index in [-0.39, 0.29) is 0 Å². The summed E-state index contributed by atoms with van der Waals surface area (Å²) in [6, 6.07) is 0. The molecule has 0 heterocycles. The summed E-state index contributed by atoms with van der Waals surface area (Å²) in [5, 5.41) is 41.5. The van der Waals surface area contributed by atoms with Crippen LogP contribution in [0.5, 0.6) is 0 Å². The minimum Gasteiger partial charge on any atom is -0.398 e. The van der Waals surface area contributed by atoms with Crippen LogP contribution in [-0.2, 0) is 9.53 Å². The van der Waals surface area contributed by atoms with Crippen LogP contribution in [0.4, 0.5) is 0 Å². The van der Waals surface area contributed by atoms with E-state index in [1.807, 2.05) is 0 Å². The molecule has 0 spiro atoms. The first-order valence-corrected chi connectivity index (χ1v) is 2.68. The van der Waals surface area contributed by atoms with Crippen LogP contribution in [0.1, 0.15) is 0 Å². The van der Waals surface area contributed by atoms with Crippen LogP contribution in [0.3, 0.4) is 0 Å². The molecule has 7 nitrogen and oxygen atoms in total. The van der Waals surface area contributed by atoms with E-state index in [9.17, 15) is 4.79 Å². The average molecular weight is 180 g/mol. The number of ether oxygens (including phenoxy) is 1. The maximum Gasteiger partial charge on any atom is 0.411 e. The van der Waals surface area contributed by atoms with Crippen molar-refractivity contribution in [3.8, 4) is 0 Å². The summed E-state index contributed by atoms with van der Waals surface area (Å²) in [4.78, 5) is 10.3. The predicted octanol–water partition coefficient (Wildman–Crippen LogP) is -3.02. The fourth-order valence-electron chi connectivity index (χ4n) is 0.250. The number of hydrogen-bond acceptors (Lipinski definition) is 7. The zero-order valence-corrected chi connectivity index (χ0v) is 5.84. The van der Waals surface area contributed by atoms with E-state index in [1.54, 1.807) is 0 Å². The van der Waals surface area contributed by atoms with Crippen LogP contribution >= 0.6 is 0 Å². The van der Waals surface area contributed by atoms with Crippen molar-refractivity contribution in [1.82, 2.24) is 0 Å². The standard InChI is InChI=1S/C5H8O7/c1-2-3(6)12-5(10,11)4(7,8)9/h2,7-11H,1H2. The lowest BCUT2D eigenvalue weighted by molar-refractivity contribution is -0.509. The Hall–Kier alpha value is -0.990. The van der Waals surface area contributed by atoms with Gasteiger partial charge in [-0.1, -0.05) is 6.58 Å². The van der Waals surface area contributed by atoms with Crippen LogP contribution in [0.2, 0.25) is 0 Å². The molecule has 0 fully saturated rings. The highest BCUT2D eigenvalue weighted by atomic mass is 16.8. The average Bonchev–Trinajstić information content (AvgIpc) is 1.84. The highest BCUT2D eigenvalue weighted by Gasteiger charge is 2.50. The normalized spacial score (nSPS) is 12.4. The van der Waals surface area contributed by atoms with Gasteiger partial charge in [-0.25, -0.2) is 4.79 Å². The van der Waals surface area contributed by atoms with Gasteiger partial charge in [-0.2, -0.15) is 0 Å². The van der Waals surface area contributed by atoms with Crippen LogP contribution in [-0.4, -0.2) is 43.4 Å². The zero-order chi connectivity index (χ0) is 9.99. The molecule has 0 saturated heterocycles. The van der Waals surface area contributed by atoms with Crippen molar-refractivity contribution in [2.24, 2.45) is 0 Å². The fourth-order valence-corrected chi connectivity index (χ4v) is 0.250. The molecule has 0 aromatic rings. The molecule has 5 N–H and O–H groups in total. The number of hydrogen-bond donors (Lipinski definition) is 5. The predicted molar refractivity (Wildman–Crippen MR) is 32.8 cm³/mol. The van der Waals surface area contributed by atoms with Crippen molar-refractivity contribution in [1.29, 1.82) is 0 Å². The van der Waals surface area contributed by atoms with Gasteiger partial charge in [0.2, 0.25) is 0 Å². The Labute approximate surface area is 66.8 Å². The summed E-state index contributed by atoms with van der Waals surface area (Å²) in [5.41, 5.74) is 0. The molecule has 0 aliphatic rings. The SMILES string of the molecule is C=CC(=O)OC(O)(O)C(O)(O)O. The van der Waals surface area contributed by atoms with E-state index >= 15 is 0 Å². The maximum atomic E-state index is 10.3.